The van der Waals surface area contributed by atoms with Crippen molar-refractivity contribution in [3.05, 3.63) is 42.6 Å². The molecule has 0 bridgehead atoms. The fourth-order valence-corrected chi connectivity index (χ4v) is 1.11. The van der Waals surface area contributed by atoms with E-state index in [9.17, 15) is 4.79 Å². The lowest BCUT2D eigenvalue weighted by Crippen LogP contribution is -2.08. The van der Waals surface area contributed by atoms with Crippen molar-refractivity contribution in [1.29, 1.82) is 0 Å². The molecule has 0 atom stereocenters. The molecule has 1 rings (SSSR count). The van der Waals surface area contributed by atoms with Crippen LogP contribution >= 0.6 is 0 Å². The average Bonchev–Trinajstić information content (AvgIpc) is 2.33. The SMILES string of the molecule is C=CNCCc1ccc(OC=O)cc1.O=C=O. The lowest BCUT2D eigenvalue weighted by atomic mass is 10.1. The number of rotatable bonds is 6. The van der Waals surface area contributed by atoms with Gasteiger partial charge >= 0.3 is 6.15 Å². The molecule has 1 aromatic rings. The summed E-state index contributed by atoms with van der Waals surface area (Å²) < 4.78 is 4.67. The van der Waals surface area contributed by atoms with Crippen LogP contribution in [0.25, 0.3) is 0 Å². The Labute approximate surface area is 99.1 Å². The summed E-state index contributed by atoms with van der Waals surface area (Å²) in [5.41, 5.74) is 1.19. The van der Waals surface area contributed by atoms with Crippen molar-refractivity contribution in [3.8, 4) is 5.75 Å². The Hall–Kier alpha value is -2.39. The van der Waals surface area contributed by atoms with Gasteiger partial charge in [-0.05, 0) is 30.3 Å². The molecule has 0 aliphatic rings. The minimum atomic E-state index is 0.250. The summed E-state index contributed by atoms with van der Waals surface area (Å²) >= 11 is 0. The Kier molecular flexibility index (Phi) is 8.71. The van der Waals surface area contributed by atoms with Crippen LogP contribution in [0.3, 0.4) is 0 Å². The maximum Gasteiger partial charge on any atom is 0.373 e. The molecule has 0 heterocycles. The highest BCUT2D eigenvalue weighted by atomic mass is 16.5. The smallest absolute Gasteiger partial charge is 0.373 e. The molecule has 0 aliphatic carbocycles. The molecule has 0 saturated carbocycles. The van der Waals surface area contributed by atoms with Gasteiger partial charge in [-0.1, -0.05) is 18.7 Å². The molecule has 90 valence electrons. The summed E-state index contributed by atoms with van der Waals surface area (Å²) in [5, 5.41) is 3.01. The number of hydrogen-bond acceptors (Lipinski definition) is 5. The van der Waals surface area contributed by atoms with E-state index in [0.717, 1.165) is 13.0 Å². The summed E-state index contributed by atoms with van der Waals surface area (Å²) in [7, 11) is 0. The third-order valence-electron chi connectivity index (χ3n) is 1.81. The van der Waals surface area contributed by atoms with Crippen LogP contribution in [0, 0.1) is 0 Å². The summed E-state index contributed by atoms with van der Waals surface area (Å²) in [6, 6.07) is 7.42. The van der Waals surface area contributed by atoms with E-state index in [2.05, 4.69) is 16.6 Å². The first-order valence-corrected chi connectivity index (χ1v) is 4.81. The Morgan fingerprint density at radius 2 is 1.88 bits per heavy atom. The van der Waals surface area contributed by atoms with Gasteiger partial charge in [-0.2, -0.15) is 9.59 Å². The number of nitrogens with one attached hydrogen (secondary N) is 1. The maximum absolute atomic E-state index is 10.0. The highest BCUT2D eigenvalue weighted by Crippen LogP contribution is 2.11. The van der Waals surface area contributed by atoms with Gasteiger partial charge in [-0.15, -0.1) is 0 Å². The quantitative estimate of drug-likeness (QED) is 0.586. The minimum absolute atomic E-state index is 0.250. The number of ether oxygens (including phenoxy) is 1. The highest BCUT2D eigenvalue weighted by molar-refractivity contribution is 5.45. The molecule has 0 spiro atoms. The summed E-state index contributed by atoms with van der Waals surface area (Å²) in [6.45, 7) is 4.84. The zero-order valence-electron chi connectivity index (χ0n) is 9.22. The predicted octanol–water partition coefficient (Wildman–Crippen LogP) is 0.914. The first-order chi connectivity index (χ1) is 8.28. The monoisotopic (exact) mass is 235 g/mol. The lowest BCUT2D eigenvalue weighted by molar-refractivity contribution is -0.191. The third kappa shape index (κ3) is 7.53. The van der Waals surface area contributed by atoms with E-state index < -0.39 is 0 Å². The molecule has 0 unspecified atom stereocenters. The summed E-state index contributed by atoms with van der Waals surface area (Å²) in [4.78, 5) is 26.3. The van der Waals surface area contributed by atoms with Gasteiger partial charge in [0.05, 0.1) is 0 Å². The Morgan fingerprint density at radius 1 is 1.29 bits per heavy atom. The molecule has 0 fully saturated rings. The van der Waals surface area contributed by atoms with Gasteiger partial charge in [0, 0.05) is 6.54 Å². The van der Waals surface area contributed by atoms with Crippen molar-refractivity contribution in [2.75, 3.05) is 6.54 Å². The van der Waals surface area contributed by atoms with Gasteiger partial charge in [0.15, 0.2) is 0 Å². The fraction of sp³-hybridized carbons (Fsp3) is 0.167. The van der Waals surface area contributed by atoms with Crippen molar-refractivity contribution >= 4 is 12.6 Å². The van der Waals surface area contributed by atoms with Crippen LogP contribution < -0.4 is 10.1 Å². The third-order valence-corrected chi connectivity index (χ3v) is 1.81. The molecule has 17 heavy (non-hydrogen) atoms. The van der Waals surface area contributed by atoms with Crippen LogP contribution in [0.5, 0.6) is 5.75 Å². The molecule has 0 aromatic heterocycles. The van der Waals surface area contributed by atoms with E-state index in [4.69, 9.17) is 9.59 Å². The van der Waals surface area contributed by atoms with Crippen molar-refractivity contribution < 1.29 is 19.1 Å². The average molecular weight is 235 g/mol. The molecule has 0 amide bonds. The Morgan fingerprint density at radius 3 is 2.35 bits per heavy atom. The van der Waals surface area contributed by atoms with E-state index in [1.54, 1.807) is 18.3 Å². The summed E-state index contributed by atoms with van der Waals surface area (Å²) in [6.07, 6.45) is 2.84. The van der Waals surface area contributed by atoms with Crippen molar-refractivity contribution in [2.24, 2.45) is 0 Å². The first kappa shape index (κ1) is 14.6. The first-order valence-electron chi connectivity index (χ1n) is 4.81. The zero-order valence-corrected chi connectivity index (χ0v) is 9.22. The maximum atomic E-state index is 10.0. The van der Waals surface area contributed by atoms with Crippen LogP contribution in [0.15, 0.2) is 37.0 Å². The van der Waals surface area contributed by atoms with Crippen LogP contribution in [0.4, 0.5) is 0 Å². The minimum Gasteiger partial charge on any atom is -0.429 e. The van der Waals surface area contributed by atoms with Crippen molar-refractivity contribution in [1.82, 2.24) is 5.32 Å². The standard InChI is InChI=1S/C11H13NO2.CO2/c1-2-12-8-7-10-3-5-11(6-4-10)14-9-13;2-1-3/h2-6,9,12H,1,7-8H2;. The largest absolute Gasteiger partial charge is 0.429 e. The molecule has 5 nitrogen and oxygen atoms in total. The number of hydrogen-bond donors (Lipinski definition) is 1. The lowest BCUT2D eigenvalue weighted by Gasteiger charge is -2.02. The second-order valence-corrected chi connectivity index (χ2v) is 2.85. The molecule has 0 aliphatic heterocycles. The second-order valence-electron chi connectivity index (χ2n) is 2.85. The predicted molar refractivity (Wildman–Crippen MR) is 60.0 cm³/mol. The van der Waals surface area contributed by atoms with E-state index in [-0.39, 0.29) is 6.15 Å². The Balaban J connectivity index is 0.000000770. The normalized spacial score (nSPS) is 8.00. The van der Waals surface area contributed by atoms with Crippen molar-refractivity contribution in [3.63, 3.8) is 0 Å². The second kappa shape index (κ2) is 10.1. The Bertz CT molecular complexity index is 367. The van der Waals surface area contributed by atoms with Gasteiger partial charge in [0.2, 0.25) is 0 Å². The van der Waals surface area contributed by atoms with E-state index in [1.165, 1.54) is 5.56 Å². The number of carbonyl (C=O) groups excluding carboxylic acids is 3. The highest BCUT2D eigenvalue weighted by Gasteiger charge is 1.94. The van der Waals surface area contributed by atoms with Gasteiger partial charge in [0.25, 0.3) is 6.47 Å². The topological polar surface area (TPSA) is 72.5 Å². The zero-order chi connectivity index (χ0) is 12.9. The van der Waals surface area contributed by atoms with E-state index >= 15 is 0 Å². The van der Waals surface area contributed by atoms with Gasteiger partial charge in [-0.25, -0.2) is 0 Å². The molecule has 5 heteroatoms. The molecular weight excluding hydrogens is 222 g/mol. The molecule has 1 N–H and O–H groups in total. The van der Waals surface area contributed by atoms with Crippen LogP contribution in [-0.4, -0.2) is 19.2 Å². The molecule has 0 radical (unpaired) electrons. The fourth-order valence-electron chi connectivity index (χ4n) is 1.11. The van der Waals surface area contributed by atoms with Gasteiger partial charge in [0.1, 0.15) is 5.75 Å². The number of benzene rings is 1. The molecular formula is C12H13NO4. The molecule has 1 aromatic carbocycles. The summed E-state index contributed by atoms with van der Waals surface area (Å²) in [5.74, 6) is 0.570. The van der Waals surface area contributed by atoms with E-state index in [1.807, 2.05) is 12.1 Å². The van der Waals surface area contributed by atoms with Crippen LogP contribution in [0.1, 0.15) is 5.56 Å². The van der Waals surface area contributed by atoms with Crippen LogP contribution in [-0.2, 0) is 20.8 Å². The van der Waals surface area contributed by atoms with Crippen LogP contribution in [0.2, 0.25) is 0 Å². The van der Waals surface area contributed by atoms with E-state index in [0.29, 0.717) is 12.2 Å². The molecule has 0 saturated heterocycles. The number of carbonyl (C=O) groups is 1. The van der Waals surface area contributed by atoms with Gasteiger partial charge in [-0.3, -0.25) is 4.79 Å². The van der Waals surface area contributed by atoms with Gasteiger partial charge < -0.3 is 10.1 Å². The van der Waals surface area contributed by atoms with Crippen molar-refractivity contribution in [2.45, 2.75) is 6.42 Å².